The van der Waals surface area contributed by atoms with Gasteiger partial charge in [-0.2, -0.15) is 0 Å². The van der Waals surface area contributed by atoms with E-state index in [4.69, 9.17) is 32.7 Å². The van der Waals surface area contributed by atoms with Crippen molar-refractivity contribution in [2.24, 2.45) is 11.8 Å². The highest BCUT2D eigenvalue weighted by atomic mass is 35.5. The van der Waals surface area contributed by atoms with Crippen molar-refractivity contribution >= 4 is 46.7 Å². The summed E-state index contributed by atoms with van der Waals surface area (Å²) in [6, 6.07) is 12.4. The SMILES string of the molecule is O=C(COC(=O)[C@@H]1CC=CC[C@H]1C(=O)OCC(=O)c1ccc(Cl)cc1)c1ccc(Cl)cc1. The molecule has 2 aromatic carbocycles. The van der Waals surface area contributed by atoms with Crippen molar-refractivity contribution in [1.82, 2.24) is 0 Å². The van der Waals surface area contributed by atoms with Gasteiger partial charge in [-0.15, -0.1) is 0 Å². The Balaban J connectivity index is 1.55. The quantitative estimate of drug-likeness (QED) is 0.312. The Hall–Kier alpha value is -2.96. The monoisotopic (exact) mass is 474 g/mol. The second-order valence-corrected chi connectivity index (χ2v) is 8.10. The van der Waals surface area contributed by atoms with E-state index in [9.17, 15) is 19.2 Å². The van der Waals surface area contributed by atoms with Crippen LogP contribution < -0.4 is 0 Å². The number of rotatable bonds is 8. The fourth-order valence-electron chi connectivity index (χ4n) is 3.26. The lowest BCUT2D eigenvalue weighted by molar-refractivity contribution is -0.159. The van der Waals surface area contributed by atoms with Crippen molar-refractivity contribution in [3.63, 3.8) is 0 Å². The van der Waals surface area contributed by atoms with Gasteiger partial charge in [-0.1, -0.05) is 35.4 Å². The molecule has 2 aromatic rings. The lowest BCUT2D eigenvalue weighted by Gasteiger charge is -2.25. The minimum absolute atomic E-state index is 0.277. The van der Waals surface area contributed by atoms with Gasteiger partial charge in [0.15, 0.2) is 24.8 Å². The molecule has 166 valence electrons. The molecule has 0 amide bonds. The molecule has 1 aliphatic carbocycles. The smallest absolute Gasteiger partial charge is 0.310 e. The predicted molar refractivity (Wildman–Crippen MR) is 119 cm³/mol. The van der Waals surface area contributed by atoms with Crippen LogP contribution in [0.1, 0.15) is 33.6 Å². The average Bonchev–Trinajstić information content (AvgIpc) is 2.81. The molecule has 6 nitrogen and oxygen atoms in total. The van der Waals surface area contributed by atoms with E-state index in [0.29, 0.717) is 21.2 Å². The number of ketones is 2. The maximum Gasteiger partial charge on any atom is 0.310 e. The van der Waals surface area contributed by atoms with E-state index in [0.717, 1.165) is 0 Å². The van der Waals surface area contributed by atoms with Gasteiger partial charge in [0.25, 0.3) is 0 Å². The molecule has 0 N–H and O–H groups in total. The van der Waals surface area contributed by atoms with Gasteiger partial charge in [-0.25, -0.2) is 0 Å². The number of halogens is 2. The molecule has 0 radical (unpaired) electrons. The van der Waals surface area contributed by atoms with Gasteiger partial charge in [0.2, 0.25) is 0 Å². The number of esters is 2. The van der Waals surface area contributed by atoms with E-state index in [2.05, 4.69) is 0 Å². The zero-order valence-electron chi connectivity index (χ0n) is 17.0. The molecule has 32 heavy (non-hydrogen) atoms. The standard InChI is InChI=1S/C24H20Cl2O6/c25-17-9-5-15(6-10-17)21(27)13-31-23(29)19-3-1-2-4-20(19)24(30)32-14-22(28)16-7-11-18(26)12-8-16/h1-2,5-12,19-20H,3-4,13-14H2/t19-,20-/m1/s1. The lowest BCUT2D eigenvalue weighted by Crippen LogP contribution is -2.35. The van der Waals surface area contributed by atoms with Crippen LogP contribution in [0.3, 0.4) is 0 Å². The Morgan fingerprint density at radius 1 is 0.656 bits per heavy atom. The molecule has 0 fully saturated rings. The fourth-order valence-corrected chi connectivity index (χ4v) is 3.51. The first-order valence-corrected chi connectivity index (χ1v) is 10.7. The zero-order chi connectivity index (χ0) is 23.1. The van der Waals surface area contributed by atoms with E-state index in [1.807, 2.05) is 0 Å². The molecule has 0 bridgehead atoms. The van der Waals surface area contributed by atoms with Crippen LogP contribution in [0.15, 0.2) is 60.7 Å². The number of carbonyl (C=O) groups is 4. The molecule has 0 spiro atoms. The van der Waals surface area contributed by atoms with Gasteiger partial charge in [0, 0.05) is 21.2 Å². The number of carbonyl (C=O) groups excluding carboxylic acids is 4. The first kappa shape index (κ1) is 23.7. The zero-order valence-corrected chi connectivity index (χ0v) is 18.5. The predicted octanol–water partition coefficient (Wildman–Crippen LogP) is 4.73. The van der Waals surface area contributed by atoms with Crippen molar-refractivity contribution in [3.8, 4) is 0 Å². The van der Waals surface area contributed by atoms with Crippen LogP contribution >= 0.6 is 23.2 Å². The molecule has 0 saturated carbocycles. The van der Waals surface area contributed by atoms with Crippen LogP contribution in [0, 0.1) is 11.8 Å². The molecule has 3 rings (SSSR count). The first-order chi connectivity index (χ1) is 15.3. The topological polar surface area (TPSA) is 86.7 Å². The van der Waals surface area contributed by atoms with Crippen LogP contribution in [0.5, 0.6) is 0 Å². The highest BCUT2D eigenvalue weighted by molar-refractivity contribution is 6.31. The number of ether oxygens (including phenoxy) is 2. The summed E-state index contributed by atoms with van der Waals surface area (Å²) in [5.74, 6) is -3.68. The van der Waals surface area contributed by atoms with E-state index in [1.165, 1.54) is 0 Å². The summed E-state index contributed by atoms with van der Waals surface area (Å²) in [7, 11) is 0. The number of Topliss-reactive ketones (excluding diaryl/α,β-unsaturated/α-hetero) is 2. The molecule has 0 aliphatic heterocycles. The van der Waals surface area contributed by atoms with Gasteiger partial charge in [0.05, 0.1) is 11.8 Å². The highest BCUT2D eigenvalue weighted by Gasteiger charge is 2.36. The van der Waals surface area contributed by atoms with Crippen molar-refractivity contribution in [1.29, 1.82) is 0 Å². The Bertz CT molecular complexity index is 944. The second-order valence-electron chi connectivity index (χ2n) is 7.23. The van der Waals surface area contributed by atoms with E-state index in [-0.39, 0.29) is 24.4 Å². The minimum atomic E-state index is -0.795. The van der Waals surface area contributed by atoms with Gasteiger partial charge in [-0.05, 0) is 61.4 Å². The van der Waals surface area contributed by atoms with Crippen molar-refractivity contribution in [2.75, 3.05) is 13.2 Å². The van der Waals surface area contributed by atoms with E-state index < -0.39 is 37.0 Å². The summed E-state index contributed by atoms with van der Waals surface area (Å²) in [4.78, 5) is 49.6. The van der Waals surface area contributed by atoms with Gasteiger partial charge in [-0.3, -0.25) is 19.2 Å². The minimum Gasteiger partial charge on any atom is -0.457 e. The number of hydrogen-bond acceptors (Lipinski definition) is 6. The Morgan fingerprint density at radius 3 is 1.34 bits per heavy atom. The lowest BCUT2D eigenvalue weighted by atomic mass is 9.83. The van der Waals surface area contributed by atoms with Crippen LogP contribution in [-0.2, 0) is 19.1 Å². The van der Waals surface area contributed by atoms with Crippen LogP contribution in [0.4, 0.5) is 0 Å². The molecular weight excluding hydrogens is 455 g/mol. The second kappa shape index (κ2) is 11.1. The summed E-state index contributed by atoms with van der Waals surface area (Å²) in [6.45, 7) is -0.894. The summed E-state index contributed by atoms with van der Waals surface area (Å²) in [6.07, 6.45) is 4.10. The van der Waals surface area contributed by atoms with Crippen LogP contribution in [-0.4, -0.2) is 36.7 Å². The van der Waals surface area contributed by atoms with Crippen molar-refractivity contribution in [2.45, 2.75) is 12.8 Å². The molecule has 2 atom stereocenters. The third-order valence-corrected chi connectivity index (χ3v) is 5.57. The summed E-state index contributed by atoms with van der Waals surface area (Å²) >= 11 is 11.6. The number of hydrogen-bond donors (Lipinski definition) is 0. The molecule has 0 aromatic heterocycles. The maximum atomic E-state index is 12.6. The molecule has 1 aliphatic rings. The first-order valence-electron chi connectivity index (χ1n) is 9.91. The molecular formula is C24H20Cl2O6. The summed E-state index contributed by atoms with van der Waals surface area (Å²) in [5, 5.41) is 0.979. The molecule has 0 saturated heterocycles. The normalized spacial score (nSPS) is 17.4. The van der Waals surface area contributed by atoms with Crippen molar-refractivity contribution in [3.05, 3.63) is 81.9 Å². The number of allylic oxidation sites excluding steroid dienone is 2. The van der Waals surface area contributed by atoms with Gasteiger partial charge >= 0.3 is 11.9 Å². The van der Waals surface area contributed by atoms with Gasteiger partial charge < -0.3 is 9.47 Å². The molecule has 8 heteroatoms. The van der Waals surface area contributed by atoms with Crippen LogP contribution in [0.25, 0.3) is 0 Å². The molecule has 0 unspecified atom stereocenters. The third-order valence-electron chi connectivity index (χ3n) is 5.06. The third kappa shape index (κ3) is 6.28. The Labute approximate surface area is 195 Å². The summed E-state index contributed by atoms with van der Waals surface area (Å²) in [5.41, 5.74) is 0.727. The fraction of sp³-hybridized carbons (Fsp3) is 0.250. The van der Waals surface area contributed by atoms with E-state index in [1.54, 1.807) is 60.7 Å². The largest absolute Gasteiger partial charge is 0.457 e. The average molecular weight is 475 g/mol. The van der Waals surface area contributed by atoms with Crippen molar-refractivity contribution < 1.29 is 28.7 Å². The van der Waals surface area contributed by atoms with E-state index >= 15 is 0 Å². The highest BCUT2D eigenvalue weighted by Crippen LogP contribution is 2.28. The number of benzene rings is 2. The summed E-state index contributed by atoms with van der Waals surface area (Å²) < 4.78 is 10.3. The Kier molecular flexibility index (Phi) is 8.20. The molecule has 0 heterocycles. The van der Waals surface area contributed by atoms with Crippen LogP contribution in [0.2, 0.25) is 10.0 Å². The maximum absolute atomic E-state index is 12.6. The Morgan fingerprint density at radius 2 is 1.00 bits per heavy atom. The van der Waals surface area contributed by atoms with Gasteiger partial charge in [0.1, 0.15) is 0 Å².